The van der Waals surface area contributed by atoms with Gasteiger partial charge in [-0.3, -0.25) is 14.5 Å². The number of fused-ring (bicyclic) bond motifs is 1. The van der Waals surface area contributed by atoms with Crippen molar-refractivity contribution in [3.63, 3.8) is 0 Å². The standard InChI is InChI=1S/C25H25ClN4O3S2/c1-29-14-19(23(33)28-12-15-4-6-16(26)7-5-15)21(31)18-11-17(35-25(18)29)13-30-9-2-3-20(30)22(32)24-27-8-10-34-24/h4-8,10-11,14,20,22,32H,2-3,9,12-13H2,1H3,(H,28,33)/t20?,22-/m1/s1. The summed E-state index contributed by atoms with van der Waals surface area (Å²) in [5.74, 6) is -0.402. The Morgan fingerprint density at radius 1 is 1.34 bits per heavy atom. The summed E-state index contributed by atoms with van der Waals surface area (Å²) in [6, 6.07) is 9.10. The lowest BCUT2D eigenvalue weighted by Crippen LogP contribution is -2.33. The number of aryl methyl sites for hydroxylation is 1. The molecule has 1 aromatic carbocycles. The summed E-state index contributed by atoms with van der Waals surface area (Å²) < 4.78 is 1.84. The van der Waals surface area contributed by atoms with Crippen LogP contribution in [0.4, 0.5) is 0 Å². The molecule has 10 heteroatoms. The predicted molar refractivity (Wildman–Crippen MR) is 140 cm³/mol. The van der Waals surface area contributed by atoms with Crippen molar-refractivity contribution in [2.24, 2.45) is 7.05 Å². The molecule has 2 N–H and O–H groups in total. The van der Waals surface area contributed by atoms with Gasteiger partial charge in [-0.25, -0.2) is 4.98 Å². The number of likely N-dealkylation sites (tertiary alicyclic amines) is 1. The second-order valence-electron chi connectivity index (χ2n) is 8.72. The first kappa shape index (κ1) is 24.1. The Balaban J connectivity index is 1.35. The van der Waals surface area contributed by atoms with E-state index in [4.69, 9.17) is 11.6 Å². The predicted octanol–water partition coefficient (Wildman–Crippen LogP) is 4.34. The third-order valence-corrected chi connectivity index (χ3v) is 8.66. The number of pyridine rings is 1. The van der Waals surface area contributed by atoms with Crippen LogP contribution in [0, 0.1) is 0 Å². The number of rotatable bonds is 7. The highest BCUT2D eigenvalue weighted by atomic mass is 35.5. The topological polar surface area (TPSA) is 87.5 Å². The van der Waals surface area contributed by atoms with Crippen molar-refractivity contribution in [2.75, 3.05) is 6.54 Å². The van der Waals surface area contributed by atoms with Crippen LogP contribution in [0.25, 0.3) is 10.2 Å². The largest absolute Gasteiger partial charge is 0.384 e. The van der Waals surface area contributed by atoms with E-state index in [2.05, 4.69) is 15.2 Å². The molecule has 1 unspecified atom stereocenters. The number of thiophene rings is 1. The third-order valence-electron chi connectivity index (χ3n) is 6.35. The molecule has 1 saturated heterocycles. The molecular formula is C25H25ClN4O3S2. The summed E-state index contributed by atoms with van der Waals surface area (Å²) in [7, 11) is 1.85. The lowest BCUT2D eigenvalue weighted by atomic mass is 10.1. The molecule has 4 aromatic rings. The first-order valence-corrected chi connectivity index (χ1v) is 13.4. The average molecular weight is 529 g/mol. The Hall–Kier alpha value is -2.56. The molecule has 1 aliphatic heterocycles. The fourth-order valence-electron chi connectivity index (χ4n) is 4.58. The monoisotopic (exact) mass is 528 g/mol. The number of halogens is 1. The average Bonchev–Trinajstić information content (AvgIpc) is 3.62. The van der Waals surface area contributed by atoms with Crippen LogP contribution in [0.1, 0.15) is 44.8 Å². The first-order chi connectivity index (χ1) is 16.9. The van der Waals surface area contributed by atoms with Crippen molar-refractivity contribution in [3.05, 3.63) is 84.4 Å². The van der Waals surface area contributed by atoms with Crippen molar-refractivity contribution in [1.82, 2.24) is 19.8 Å². The summed E-state index contributed by atoms with van der Waals surface area (Å²) in [6.45, 7) is 1.84. The minimum absolute atomic E-state index is 0.000964. The number of aliphatic hydroxyl groups is 1. The maximum atomic E-state index is 13.2. The second-order valence-corrected chi connectivity index (χ2v) is 11.2. The van der Waals surface area contributed by atoms with Gasteiger partial charge in [-0.15, -0.1) is 22.7 Å². The van der Waals surface area contributed by atoms with Crippen molar-refractivity contribution in [2.45, 2.75) is 38.1 Å². The van der Waals surface area contributed by atoms with Crippen LogP contribution in [-0.2, 0) is 20.1 Å². The molecule has 7 nitrogen and oxygen atoms in total. The normalized spacial score (nSPS) is 17.2. The zero-order valence-electron chi connectivity index (χ0n) is 19.1. The lowest BCUT2D eigenvalue weighted by molar-refractivity contribution is 0.0691. The Kier molecular flexibility index (Phi) is 7.04. The quantitative estimate of drug-likeness (QED) is 0.372. The summed E-state index contributed by atoms with van der Waals surface area (Å²) in [5.41, 5.74) is 0.755. The molecule has 4 heterocycles. The number of nitrogens with one attached hydrogen (secondary N) is 1. The third kappa shape index (κ3) is 5.05. The minimum atomic E-state index is -0.617. The lowest BCUT2D eigenvalue weighted by Gasteiger charge is -2.27. The van der Waals surface area contributed by atoms with Crippen molar-refractivity contribution in [1.29, 1.82) is 0 Å². The minimum Gasteiger partial charge on any atom is -0.384 e. The molecule has 35 heavy (non-hydrogen) atoms. The van der Waals surface area contributed by atoms with Crippen LogP contribution in [-0.4, -0.2) is 38.1 Å². The number of nitrogens with zero attached hydrogens (tertiary/aromatic N) is 3. The maximum absolute atomic E-state index is 13.2. The highest BCUT2D eigenvalue weighted by Gasteiger charge is 2.33. The SMILES string of the molecule is Cn1cc(C(=O)NCc2ccc(Cl)cc2)c(=O)c2cc(CN3CCCC3[C@@H](O)c3nccs3)sc21. The molecule has 0 aliphatic carbocycles. The van der Waals surface area contributed by atoms with E-state index in [0.717, 1.165) is 39.7 Å². The second kappa shape index (κ2) is 10.2. The van der Waals surface area contributed by atoms with Gasteiger partial charge in [-0.2, -0.15) is 0 Å². The molecule has 1 fully saturated rings. The van der Waals surface area contributed by atoms with E-state index in [1.165, 1.54) is 11.3 Å². The van der Waals surface area contributed by atoms with E-state index in [-0.39, 0.29) is 17.0 Å². The number of benzene rings is 1. The highest BCUT2D eigenvalue weighted by molar-refractivity contribution is 7.18. The highest BCUT2D eigenvalue weighted by Crippen LogP contribution is 2.33. The van der Waals surface area contributed by atoms with Crippen LogP contribution in [0.2, 0.25) is 5.02 Å². The Labute approximate surface area is 215 Å². The van der Waals surface area contributed by atoms with Crippen LogP contribution in [0.3, 0.4) is 0 Å². The smallest absolute Gasteiger partial charge is 0.257 e. The molecule has 5 rings (SSSR count). The van der Waals surface area contributed by atoms with E-state index in [1.807, 2.05) is 35.2 Å². The zero-order chi connectivity index (χ0) is 24.5. The van der Waals surface area contributed by atoms with Crippen molar-refractivity contribution in [3.8, 4) is 0 Å². The molecule has 1 amide bonds. The molecule has 3 aromatic heterocycles. The number of thiazole rings is 1. The van der Waals surface area contributed by atoms with E-state index < -0.39 is 12.0 Å². The van der Waals surface area contributed by atoms with E-state index in [1.54, 1.807) is 35.9 Å². The Morgan fingerprint density at radius 2 is 2.14 bits per heavy atom. The van der Waals surface area contributed by atoms with E-state index >= 15 is 0 Å². The van der Waals surface area contributed by atoms with Gasteiger partial charge >= 0.3 is 0 Å². The fraction of sp³-hybridized carbons (Fsp3) is 0.320. The van der Waals surface area contributed by atoms with E-state index in [0.29, 0.717) is 23.5 Å². The molecular weight excluding hydrogens is 504 g/mol. The molecule has 0 spiro atoms. The number of hydrogen-bond acceptors (Lipinski definition) is 7. The maximum Gasteiger partial charge on any atom is 0.257 e. The van der Waals surface area contributed by atoms with Gasteiger partial charge in [-0.05, 0) is 43.1 Å². The van der Waals surface area contributed by atoms with Crippen LogP contribution in [0.15, 0.2) is 52.9 Å². The molecule has 0 saturated carbocycles. The van der Waals surface area contributed by atoms with Gasteiger partial charge in [0, 0.05) is 53.9 Å². The van der Waals surface area contributed by atoms with Gasteiger partial charge in [0.25, 0.3) is 5.91 Å². The van der Waals surface area contributed by atoms with Crippen molar-refractivity contribution < 1.29 is 9.90 Å². The Bertz CT molecular complexity index is 1400. The molecule has 1 aliphatic rings. The van der Waals surface area contributed by atoms with Gasteiger partial charge in [0.1, 0.15) is 21.5 Å². The van der Waals surface area contributed by atoms with E-state index in [9.17, 15) is 14.7 Å². The number of carbonyl (C=O) groups excluding carboxylic acids is 1. The van der Waals surface area contributed by atoms with Gasteiger partial charge in [0.05, 0.1) is 5.39 Å². The van der Waals surface area contributed by atoms with Gasteiger partial charge in [-0.1, -0.05) is 23.7 Å². The molecule has 0 radical (unpaired) electrons. The zero-order valence-corrected chi connectivity index (χ0v) is 21.5. The number of hydrogen-bond donors (Lipinski definition) is 2. The van der Waals surface area contributed by atoms with Gasteiger partial charge in [0.2, 0.25) is 5.43 Å². The molecule has 182 valence electrons. The summed E-state index contributed by atoms with van der Waals surface area (Å²) >= 11 is 8.94. The fourth-order valence-corrected chi connectivity index (χ4v) is 6.50. The van der Waals surface area contributed by atoms with Crippen LogP contribution >= 0.6 is 34.3 Å². The summed E-state index contributed by atoms with van der Waals surface area (Å²) in [5, 5.41) is 17.5. The summed E-state index contributed by atoms with van der Waals surface area (Å²) in [6.07, 6.45) is 4.62. The van der Waals surface area contributed by atoms with Gasteiger partial charge < -0.3 is 15.0 Å². The van der Waals surface area contributed by atoms with Crippen molar-refractivity contribution >= 4 is 50.4 Å². The van der Waals surface area contributed by atoms with Gasteiger partial charge in [0.15, 0.2) is 0 Å². The first-order valence-electron chi connectivity index (χ1n) is 11.4. The van der Waals surface area contributed by atoms with Crippen LogP contribution < -0.4 is 10.7 Å². The Morgan fingerprint density at radius 3 is 2.89 bits per heavy atom. The number of aromatic nitrogens is 2. The van der Waals surface area contributed by atoms with Crippen LogP contribution in [0.5, 0.6) is 0 Å². The number of amides is 1. The number of carbonyl (C=O) groups is 1. The number of aliphatic hydroxyl groups excluding tert-OH is 1. The molecule has 2 atom stereocenters. The summed E-state index contributed by atoms with van der Waals surface area (Å²) in [4.78, 5) is 34.4. The molecule has 0 bridgehead atoms.